The van der Waals surface area contributed by atoms with Crippen molar-refractivity contribution in [2.45, 2.75) is 64.5 Å². The van der Waals surface area contributed by atoms with E-state index in [4.69, 9.17) is 5.73 Å². The third-order valence-electron chi connectivity index (χ3n) is 3.57. The van der Waals surface area contributed by atoms with E-state index in [9.17, 15) is 0 Å². The number of hydrogen-bond acceptors (Lipinski definition) is 2. The Hall–Kier alpha value is -0.830. The average Bonchev–Trinajstić information content (AvgIpc) is 2.61. The van der Waals surface area contributed by atoms with Gasteiger partial charge in [-0.15, -0.1) is 0 Å². The second kappa shape index (κ2) is 4.58. The first-order valence-electron chi connectivity index (χ1n) is 6.39. The third-order valence-corrected chi connectivity index (χ3v) is 3.57. The molecular weight excluding hydrogens is 198 g/mol. The van der Waals surface area contributed by atoms with E-state index in [-0.39, 0.29) is 0 Å². The van der Waals surface area contributed by atoms with Crippen LogP contribution in [0.3, 0.4) is 0 Å². The van der Waals surface area contributed by atoms with Gasteiger partial charge in [-0.2, -0.15) is 5.10 Å². The van der Waals surface area contributed by atoms with Crippen LogP contribution in [-0.4, -0.2) is 15.8 Å². The van der Waals surface area contributed by atoms with Crippen LogP contribution in [0.1, 0.15) is 62.9 Å². The number of nitrogens with two attached hydrogens (primary N) is 1. The molecule has 90 valence electrons. The van der Waals surface area contributed by atoms with Crippen LogP contribution in [0.2, 0.25) is 0 Å². The SMILES string of the molecule is Cc1cc(C(C)C)n(C2CCC(N)CC2)n1. The van der Waals surface area contributed by atoms with Gasteiger partial charge < -0.3 is 5.73 Å². The first-order valence-corrected chi connectivity index (χ1v) is 6.39. The summed E-state index contributed by atoms with van der Waals surface area (Å²) < 4.78 is 2.26. The van der Waals surface area contributed by atoms with Gasteiger partial charge in [0.25, 0.3) is 0 Å². The normalized spacial score (nSPS) is 26.3. The molecule has 0 aliphatic heterocycles. The Bertz CT molecular complexity index is 346. The maximum Gasteiger partial charge on any atom is 0.0596 e. The van der Waals surface area contributed by atoms with E-state index < -0.39 is 0 Å². The van der Waals surface area contributed by atoms with Crippen molar-refractivity contribution in [1.29, 1.82) is 0 Å². The Kier molecular flexibility index (Phi) is 3.33. The second-order valence-electron chi connectivity index (χ2n) is 5.38. The number of hydrogen-bond donors (Lipinski definition) is 1. The number of rotatable bonds is 2. The van der Waals surface area contributed by atoms with E-state index in [2.05, 4.69) is 36.6 Å². The Morgan fingerprint density at radius 2 is 1.94 bits per heavy atom. The van der Waals surface area contributed by atoms with E-state index in [0.717, 1.165) is 18.5 Å². The Balaban J connectivity index is 2.19. The fraction of sp³-hybridized carbons (Fsp3) is 0.769. The van der Waals surface area contributed by atoms with Crippen LogP contribution in [0, 0.1) is 6.92 Å². The molecule has 1 aromatic rings. The minimum absolute atomic E-state index is 0.412. The van der Waals surface area contributed by atoms with E-state index in [1.165, 1.54) is 18.5 Å². The molecule has 3 nitrogen and oxygen atoms in total. The molecule has 1 saturated carbocycles. The van der Waals surface area contributed by atoms with Gasteiger partial charge in [0.1, 0.15) is 0 Å². The predicted molar refractivity (Wildman–Crippen MR) is 66.5 cm³/mol. The molecule has 1 aliphatic carbocycles. The van der Waals surface area contributed by atoms with Crippen LogP contribution >= 0.6 is 0 Å². The molecule has 0 saturated heterocycles. The van der Waals surface area contributed by atoms with Gasteiger partial charge in [0, 0.05) is 11.7 Å². The van der Waals surface area contributed by atoms with Crippen LogP contribution in [0.4, 0.5) is 0 Å². The summed E-state index contributed by atoms with van der Waals surface area (Å²) in [6, 6.07) is 3.21. The first kappa shape index (κ1) is 11.6. The lowest BCUT2D eigenvalue weighted by Crippen LogP contribution is -2.29. The zero-order valence-electron chi connectivity index (χ0n) is 10.6. The van der Waals surface area contributed by atoms with Crippen molar-refractivity contribution in [3.8, 4) is 0 Å². The number of aryl methyl sites for hydroxylation is 1. The standard InChI is InChI=1S/C13H23N3/c1-9(2)13-8-10(3)15-16(13)12-6-4-11(14)5-7-12/h8-9,11-12H,4-7,14H2,1-3H3. The smallest absolute Gasteiger partial charge is 0.0596 e. The van der Waals surface area contributed by atoms with E-state index in [1.807, 2.05) is 0 Å². The van der Waals surface area contributed by atoms with Gasteiger partial charge in [-0.05, 0) is 44.6 Å². The highest BCUT2D eigenvalue weighted by Crippen LogP contribution is 2.30. The highest BCUT2D eigenvalue weighted by Gasteiger charge is 2.23. The van der Waals surface area contributed by atoms with Gasteiger partial charge in [-0.3, -0.25) is 4.68 Å². The summed E-state index contributed by atoms with van der Waals surface area (Å²) in [6.07, 6.45) is 4.65. The van der Waals surface area contributed by atoms with E-state index >= 15 is 0 Å². The topological polar surface area (TPSA) is 43.8 Å². The van der Waals surface area contributed by atoms with Gasteiger partial charge >= 0.3 is 0 Å². The molecule has 0 unspecified atom stereocenters. The Morgan fingerprint density at radius 3 is 2.50 bits per heavy atom. The van der Waals surface area contributed by atoms with Crippen LogP contribution < -0.4 is 5.73 Å². The lowest BCUT2D eigenvalue weighted by molar-refractivity contribution is 0.295. The third kappa shape index (κ3) is 2.29. The summed E-state index contributed by atoms with van der Waals surface area (Å²) in [7, 11) is 0. The molecule has 2 rings (SSSR count). The van der Waals surface area contributed by atoms with Crippen molar-refractivity contribution in [1.82, 2.24) is 9.78 Å². The molecule has 1 aliphatic rings. The monoisotopic (exact) mass is 221 g/mol. The summed E-state index contributed by atoms with van der Waals surface area (Å²) in [5.41, 5.74) is 8.46. The molecule has 0 aromatic carbocycles. The van der Waals surface area contributed by atoms with Crippen LogP contribution in [0.15, 0.2) is 6.07 Å². The van der Waals surface area contributed by atoms with Gasteiger partial charge in [0.2, 0.25) is 0 Å². The van der Waals surface area contributed by atoms with Gasteiger partial charge in [0.05, 0.1) is 11.7 Å². The fourth-order valence-electron chi connectivity index (χ4n) is 2.61. The minimum atomic E-state index is 0.412. The maximum absolute atomic E-state index is 5.95. The first-order chi connectivity index (χ1) is 7.58. The van der Waals surface area contributed by atoms with Crippen LogP contribution in [-0.2, 0) is 0 Å². The molecule has 0 amide bonds. The quantitative estimate of drug-likeness (QED) is 0.834. The lowest BCUT2D eigenvalue weighted by Gasteiger charge is -2.28. The molecule has 0 atom stereocenters. The average molecular weight is 221 g/mol. The maximum atomic E-state index is 5.95. The van der Waals surface area contributed by atoms with Crippen LogP contribution in [0.5, 0.6) is 0 Å². The summed E-state index contributed by atoms with van der Waals surface area (Å²) in [4.78, 5) is 0. The summed E-state index contributed by atoms with van der Waals surface area (Å²) in [5.74, 6) is 0.553. The van der Waals surface area contributed by atoms with Crippen molar-refractivity contribution < 1.29 is 0 Å². The molecule has 1 aromatic heterocycles. The van der Waals surface area contributed by atoms with Gasteiger partial charge in [0.15, 0.2) is 0 Å². The Morgan fingerprint density at radius 1 is 1.31 bits per heavy atom. The van der Waals surface area contributed by atoms with E-state index in [1.54, 1.807) is 0 Å². The van der Waals surface area contributed by atoms with Gasteiger partial charge in [-0.25, -0.2) is 0 Å². The lowest BCUT2D eigenvalue weighted by atomic mass is 9.91. The highest BCUT2D eigenvalue weighted by atomic mass is 15.3. The molecule has 0 radical (unpaired) electrons. The molecule has 0 bridgehead atoms. The molecule has 0 spiro atoms. The molecule has 3 heteroatoms. The molecule has 1 heterocycles. The van der Waals surface area contributed by atoms with Crippen molar-refractivity contribution in [3.05, 3.63) is 17.5 Å². The van der Waals surface area contributed by atoms with Crippen molar-refractivity contribution in [2.75, 3.05) is 0 Å². The molecule has 1 fully saturated rings. The number of nitrogens with zero attached hydrogens (tertiary/aromatic N) is 2. The van der Waals surface area contributed by atoms with E-state index in [0.29, 0.717) is 18.0 Å². The summed E-state index contributed by atoms with van der Waals surface area (Å²) in [5, 5.41) is 4.66. The largest absolute Gasteiger partial charge is 0.328 e. The van der Waals surface area contributed by atoms with Gasteiger partial charge in [-0.1, -0.05) is 13.8 Å². The zero-order valence-corrected chi connectivity index (χ0v) is 10.6. The zero-order chi connectivity index (χ0) is 11.7. The Labute approximate surface area is 98.0 Å². The summed E-state index contributed by atoms with van der Waals surface area (Å²) >= 11 is 0. The van der Waals surface area contributed by atoms with Crippen molar-refractivity contribution in [3.63, 3.8) is 0 Å². The second-order valence-corrected chi connectivity index (χ2v) is 5.38. The van der Waals surface area contributed by atoms with Crippen molar-refractivity contribution >= 4 is 0 Å². The number of aromatic nitrogens is 2. The van der Waals surface area contributed by atoms with Crippen LogP contribution in [0.25, 0.3) is 0 Å². The molecule has 2 N–H and O–H groups in total. The molecular formula is C13H23N3. The summed E-state index contributed by atoms with van der Waals surface area (Å²) in [6.45, 7) is 6.56. The van der Waals surface area contributed by atoms with Crippen molar-refractivity contribution in [2.24, 2.45) is 5.73 Å². The molecule has 16 heavy (non-hydrogen) atoms. The highest BCUT2D eigenvalue weighted by molar-refractivity contribution is 5.13. The fourth-order valence-corrected chi connectivity index (χ4v) is 2.61. The predicted octanol–water partition coefficient (Wildman–Crippen LogP) is 2.76. The minimum Gasteiger partial charge on any atom is -0.328 e.